The van der Waals surface area contributed by atoms with Gasteiger partial charge in [0.05, 0.1) is 11.2 Å². The fraction of sp³-hybridized carbons (Fsp3) is 0.143. The molecule has 4 aromatic rings. The molecular weight excluding hydrogens is 439 g/mol. The Bertz CT molecular complexity index is 1350. The smallest absolute Gasteiger partial charge is 0.402 e. The third-order valence-corrected chi connectivity index (χ3v) is 4.76. The lowest BCUT2D eigenvalue weighted by Crippen LogP contribution is -2.27. The Hall–Kier alpha value is -4.35. The van der Waals surface area contributed by atoms with Crippen molar-refractivity contribution in [3.05, 3.63) is 65.1 Å². The highest BCUT2D eigenvalue weighted by molar-refractivity contribution is 5.83. The standard InChI is InChI=1S/C21H18F3N7O2/c1-2-27-21(32)33-17-18(25)28-20(29-19(17)26)31-15-6-4-3-5-10(15)14(30-31)9-11-12(22)7-8-13(23)16(11)24/h3-8H,2,9H2,1H3,(H,27,32)(H4,25,26,28,29). The number of carbonyl (C=O) groups excluding carboxylic acids is 1. The van der Waals surface area contributed by atoms with E-state index in [9.17, 15) is 18.0 Å². The number of ether oxygens (including phenoxy) is 1. The Morgan fingerprint density at radius 1 is 1.06 bits per heavy atom. The summed E-state index contributed by atoms with van der Waals surface area (Å²) in [5.74, 6) is -4.06. The second kappa shape index (κ2) is 8.65. The zero-order valence-electron chi connectivity index (χ0n) is 17.3. The van der Waals surface area contributed by atoms with E-state index in [1.165, 1.54) is 4.68 Å². The van der Waals surface area contributed by atoms with Crippen LogP contribution in [0.15, 0.2) is 36.4 Å². The van der Waals surface area contributed by atoms with Gasteiger partial charge in [-0.25, -0.2) is 18.0 Å². The number of nitrogens with one attached hydrogen (secondary N) is 1. The van der Waals surface area contributed by atoms with Gasteiger partial charge in [-0.15, -0.1) is 0 Å². The van der Waals surface area contributed by atoms with Gasteiger partial charge in [0, 0.05) is 23.9 Å². The van der Waals surface area contributed by atoms with Crippen molar-refractivity contribution in [2.24, 2.45) is 0 Å². The lowest BCUT2D eigenvalue weighted by Gasteiger charge is -2.11. The summed E-state index contributed by atoms with van der Waals surface area (Å²) in [6, 6.07) is 8.36. The zero-order chi connectivity index (χ0) is 23.7. The molecule has 12 heteroatoms. The molecule has 0 aliphatic heterocycles. The molecule has 0 fully saturated rings. The first-order valence-electron chi connectivity index (χ1n) is 9.78. The van der Waals surface area contributed by atoms with Crippen LogP contribution >= 0.6 is 0 Å². The van der Waals surface area contributed by atoms with Crippen LogP contribution in [0.1, 0.15) is 18.2 Å². The summed E-state index contributed by atoms with van der Waals surface area (Å²) in [7, 11) is 0. The molecule has 0 bridgehead atoms. The molecule has 0 atom stereocenters. The van der Waals surface area contributed by atoms with Gasteiger partial charge >= 0.3 is 6.09 Å². The molecule has 0 radical (unpaired) electrons. The number of nitrogen functional groups attached to an aromatic ring is 2. The van der Waals surface area contributed by atoms with E-state index in [0.29, 0.717) is 23.5 Å². The summed E-state index contributed by atoms with van der Waals surface area (Å²) in [6.45, 7) is 2.03. The Balaban J connectivity index is 1.79. The molecule has 4 rings (SSSR count). The van der Waals surface area contributed by atoms with E-state index in [-0.39, 0.29) is 35.4 Å². The third-order valence-electron chi connectivity index (χ3n) is 4.76. The van der Waals surface area contributed by atoms with Crippen LogP contribution in [0.3, 0.4) is 0 Å². The van der Waals surface area contributed by atoms with Gasteiger partial charge in [0.25, 0.3) is 5.95 Å². The van der Waals surface area contributed by atoms with Gasteiger partial charge in [-0.3, -0.25) is 0 Å². The molecule has 0 unspecified atom stereocenters. The Morgan fingerprint density at radius 2 is 1.73 bits per heavy atom. The summed E-state index contributed by atoms with van der Waals surface area (Å²) in [5.41, 5.74) is 12.1. The molecule has 0 aliphatic rings. The first-order valence-corrected chi connectivity index (χ1v) is 9.78. The number of anilines is 2. The van der Waals surface area contributed by atoms with Gasteiger partial charge in [0.15, 0.2) is 23.3 Å². The van der Waals surface area contributed by atoms with Crippen molar-refractivity contribution in [2.75, 3.05) is 18.0 Å². The van der Waals surface area contributed by atoms with Gasteiger partial charge in [0.1, 0.15) is 5.82 Å². The summed E-state index contributed by atoms with van der Waals surface area (Å²) in [6.07, 6.45) is -1.11. The molecule has 0 saturated carbocycles. The quantitative estimate of drug-likeness (QED) is 0.392. The number of halogens is 3. The van der Waals surface area contributed by atoms with Crippen LogP contribution in [0.4, 0.5) is 29.6 Å². The maximum Gasteiger partial charge on any atom is 0.412 e. The Labute approximate surface area is 185 Å². The fourth-order valence-electron chi connectivity index (χ4n) is 3.26. The molecule has 9 nitrogen and oxygen atoms in total. The van der Waals surface area contributed by atoms with Gasteiger partial charge in [0.2, 0.25) is 5.75 Å². The number of nitrogens with zero attached hydrogens (tertiary/aromatic N) is 4. The molecule has 0 saturated heterocycles. The average molecular weight is 457 g/mol. The maximum atomic E-state index is 14.2. The van der Waals surface area contributed by atoms with Crippen LogP contribution < -0.4 is 21.5 Å². The third kappa shape index (κ3) is 4.10. The van der Waals surface area contributed by atoms with E-state index < -0.39 is 29.1 Å². The number of para-hydroxylation sites is 1. The number of amides is 1. The minimum absolute atomic E-state index is 0.0594. The van der Waals surface area contributed by atoms with E-state index in [1.807, 2.05) is 0 Å². The predicted octanol–water partition coefficient (Wildman–Crippen LogP) is 3.10. The van der Waals surface area contributed by atoms with Gasteiger partial charge in [-0.1, -0.05) is 18.2 Å². The first kappa shape index (κ1) is 21.9. The minimum Gasteiger partial charge on any atom is -0.402 e. The maximum absolute atomic E-state index is 14.2. The SMILES string of the molecule is CCNC(=O)Oc1c(N)nc(-n2nc(Cc3c(F)ccc(F)c3F)c3ccccc32)nc1N. The van der Waals surface area contributed by atoms with E-state index in [0.717, 1.165) is 6.07 Å². The number of rotatable bonds is 5. The minimum atomic E-state index is -1.29. The summed E-state index contributed by atoms with van der Waals surface area (Å²) < 4.78 is 48.4. The molecule has 0 spiro atoms. The molecular formula is C21H18F3N7O2. The number of benzene rings is 2. The second-order valence-corrected chi connectivity index (χ2v) is 6.92. The highest BCUT2D eigenvalue weighted by Crippen LogP contribution is 2.29. The molecule has 5 N–H and O–H groups in total. The highest BCUT2D eigenvalue weighted by Gasteiger charge is 2.21. The summed E-state index contributed by atoms with van der Waals surface area (Å²) in [4.78, 5) is 19.9. The lowest BCUT2D eigenvalue weighted by atomic mass is 10.1. The van der Waals surface area contributed by atoms with Gasteiger partial charge in [-0.2, -0.15) is 19.7 Å². The number of fused-ring (bicyclic) bond motifs is 1. The highest BCUT2D eigenvalue weighted by atomic mass is 19.2. The lowest BCUT2D eigenvalue weighted by molar-refractivity contribution is 0.201. The normalized spacial score (nSPS) is 11.0. The van der Waals surface area contributed by atoms with Gasteiger partial charge < -0.3 is 21.5 Å². The van der Waals surface area contributed by atoms with Gasteiger partial charge in [-0.05, 0) is 25.1 Å². The monoisotopic (exact) mass is 457 g/mol. The number of carbonyl (C=O) groups is 1. The predicted molar refractivity (Wildman–Crippen MR) is 114 cm³/mol. The van der Waals surface area contributed by atoms with E-state index in [4.69, 9.17) is 16.2 Å². The van der Waals surface area contributed by atoms with Crippen molar-refractivity contribution in [2.45, 2.75) is 13.3 Å². The Morgan fingerprint density at radius 3 is 2.42 bits per heavy atom. The average Bonchev–Trinajstić information content (AvgIpc) is 3.15. The summed E-state index contributed by atoms with van der Waals surface area (Å²) >= 11 is 0. The van der Waals surface area contributed by atoms with Crippen LogP contribution in [0.2, 0.25) is 0 Å². The topological polar surface area (TPSA) is 134 Å². The van der Waals surface area contributed by atoms with Crippen LogP contribution in [0.25, 0.3) is 16.9 Å². The van der Waals surface area contributed by atoms with Crippen molar-refractivity contribution in [1.82, 2.24) is 25.1 Å². The van der Waals surface area contributed by atoms with Crippen molar-refractivity contribution >= 4 is 28.6 Å². The second-order valence-electron chi connectivity index (χ2n) is 6.92. The van der Waals surface area contributed by atoms with Crippen LogP contribution in [0.5, 0.6) is 5.75 Å². The molecule has 33 heavy (non-hydrogen) atoms. The summed E-state index contributed by atoms with van der Waals surface area (Å²) in [5, 5.41) is 7.33. The van der Waals surface area contributed by atoms with Crippen molar-refractivity contribution < 1.29 is 22.7 Å². The first-order chi connectivity index (χ1) is 15.8. The molecule has 2 aromatic heterocycles. The number of aromatic nitrogens is 4. The van der Waals surface area contributed by atoms with Crippen molar-refractivity contribution in [3.63, 3.8) is 0 Å². The fourth-order valence-corrected chi connectivity index (χ4v) is 3.26. The molecule has 1 amide bonds. The van der Waals surface area contributed by atoms with Crippen LogP contribution in [-0.4, -0.2) is 32.4 Å². The van der Waals surface area contributed by atoms with Crippen molar-refractivity contribution in [3.8, 4) is 11.7 Å². The number of hydrogen-bond donors (Lipinski definition) is 3. The van der Waals surface area contributed by atoms with E-state index >= 15 is 0 Å². The molecule has 2 heterocycles. The molecule has 2 aromatic carbocycles. The zero-order valence-corrected chi connectivity index (χ0v) is 17.3. The number of nitrogens with two attached hydrogens (primary N) is 2. The van der Waals surface area contributed by atoms with E-state index in [1.54, 1.807) is 31.2 Å². The van der Waals surface area contributed by atoms with Crippen molar-refractivity contribution in [1.29, 1.82) is 0 Å². The molecule has 170 valence electrons. The van der Waals surface area contributed by atoms with Crippen LogP contribution in [-0.2, 0) is 6.42 Å². The Kier molecular flexibility index (Phi) is 5.73. The molecule has 0 aliphatic carbocycles. The van der Waals surface area contributed by atoms with E-state index in [2.05, 4.69) is 20.4 Å². The number of hydrogen-bond acceptors (Lipinski definition) is 7. The largest absolute Gasteiger partial charge is 0.412 e. The van der Waals surface area contributed by atoms with Crippen LogP contribution in [0, 0.1) is 17.5 Å².